The van der Waals surface area contributed by atoms with Gasteiger partial charge in [-0.15, -0.1) is 11.8 Å². The molecule has 12 heavy (non-hydrogen) atoms. The van der Waals surface area contributed by atoms with E-state index in [0.717, 1.165) is 18.6 Å². The summed E-state index contributed by atoms with van der Waals surface area (Å²) in [5, 5.41) is 3.23. The second-order valence-corrected chi connectivity index (χ2v) is 5.15. The minimum Gasteiger partial charge on any atom is -0.349 e. The van der Waals surface area contributed by atoms with Crippen LogP contribution in [0.1, 0.15) is 33.6 Å². The Hall–Kier alpha value is -0.180. The summed E-state index contributed by atoms with van der Waals surface area (Å²) in [6.07, 6.45) is 2.10. The SMILES string of the molecule is CCCC1SCC(C)(C)NC1=O. The van der Waals surface area contributed by atoms with E-state index in [2.05, 4.69) is 26.1 Å². The standard InChI is InChI=1S/C9H17NOS/c1-4-5-7-8(11)10-9(2,3)6-12-7/h7H,4-6H2,1-3H3,(H,10,11). The van der Waals surface area contributed by atoms with Crippen LogP contribution < -0.4 is 5.32 Å². The van der Waals surface area contributed by atoms with Crippen LogP contribution in [0.4, 0.5) is 0 Å². The topological polar surface area (TPSA) is 29.1 Å². The first-order valence-electron chi connectivity index (χ1n) is 4.49. The molecule has 1 rings (SSSR count). The summed E-state index contributed by atoms with van der Waals surface area (Å²) < 4.78 is 0. The predicted molar refractivity (Wildman–Crippen MR) is 53.4 cm³/mol. The Labute approximate surface area is 78.5 Å². The Morgan fingerprint density at radius 3 is 2.83 bits per heavy atom. The van der Waals surface area contributed by atoms with Crippen LogP contribution in [-0.4, -0.2) is 22.4 Å². The Morgan fingerprint density at radius 2 is 2.33 bits per heavy atom. The van der Waals surface area contributed by atoms with E-state index in [-0.39, 0.29) is 16.7 Å². The maximum Gasteiger partial charge on any atom is 0.233 e. The van der Waals surface area contributed by atoms with Crippen LogP contribution in [0.5, 0.6) is 0 Å². The number of rotatable bonds is 2. The third-order valence-electron chi connectivity index (χ3n) is 1.95. The minimum atomic E-state index is -0.00795. The van der Waals surface area contributed by atoms with Gasteiger partial charge in [0, 0.05) is 11.3 Å². The highest BCUT2D eigenvalue weighted by molar-refractivity contribution is 8.00. The van der Waals surface area contributed by atoms with Crippen molar-refractivity contribution in [1.82, 2.24) is 5.32 Å². The lowest BCUT2D eigenvalue weighted by molar-refractivity contribution is -0.122. The van der Waals surface area contributed by atoms with Gasteiger partial charge in [0.2, 0.25) is 5.91 Å². The number of nitrogens with one attached hydrogen (secondary N) is 1. The summed E-state index contributed by atoms with van der Waals surface area (Å²) in [5.41, 5.74) is -0.00795. The average Bonchev–Trinajstić information content (AvgIpc) is 1.94. The van der Waals surface area contributed by atoms with Crippen LogP contribution in [0.25, 0.3) is 0 Å². The summed E-state index contributed by atoms with van der Waals surface area (Å²) in [5.74, 6) is 1.25. The fraction of sp³-hybridized carbons (Fsp3) is 0.889. The number of carbonyl (C=O) groups excluding carboxylic acids is 1. The van der Waals surface area contributed by atoms with Crippen molar-refractivity contribution in [3.63, 3.8) is 0 Å². The maximum absolute atomic E-state index is 11.5. The number of hydrogen-bond acceptors (Lipinski definition) is 2. The van der Waals surface area contributed by atoms with Crippen molar-refractivity contribution in [2.45, 2.75) is 44.4 Å². The molecule has 1 unspecified atom stereocenters. The molecule has 0 aromatic rings. The van der Waals surface area contributed by atoms with Crippen LogP contribution >= 0.6 is 11.8 Å². The number of thioether (sulfide) groups is 1. The van der Waals surface area contributed by atoms with E-state index >= 15 is 0 Å². The van der Waals surface area contributed by atoms with Crippen LogP contribution in [0.2, 0.25) is 0 Å². The molecule has 1 saturated heterocycles. The molecule has 1 atom stereocenters. The van der Waals surface area contributed by atoms with Gasteiger partial charge >= 0.3 is 0 Å². The molecule has 1 aliphatic heterocycles. The quantitative estimate of drug-likeness (QED) is 0.714. The molecule has 2 nitrogen and oxygen atoms in total. The van der Waals surface area contributed by atoms with Crippen LogP contribution in [-0.2, 0) is 4.79 Å². The highest BCUT2D eigenvalue weighted by Crippen LogP contribution is 2.26. The largest absolute Gasteiger partial charge is 0.349 e. The second-order valence-electron chi connectivity index (χ2n) is 3.96. The van der Waals surface area contributed by atoms with Gasteiger partial charge in [-0.2, -0.15) is 0 Å². The number of carbonyl (C=O) groups is 1. The minimum absolute atomic E-state index is 0.00795. The Kier molecular flexibility index (Phi) is 3.04. The molecule has 0 aromatic carbocycles. The van der Waals surface area contributed by atoms with E-state index in [1.54, 1.807) is 11.8 Å². The van der Waals surface area contributed by atoms with E-state index in [1.807, 2.05) is 0 Å². The molecule has 0 bridgehead atoms. The van der Waals surface area contributed by atoms with Crippen molar-refractivity contribution in [2.75, 3.05) is 5.75 Å². The second kappa shape index (κ2) is 3.69. The fourth-order valence-electron chi connectivity index (χ4n) is 1.31. The molecule has 3 heteroatoms. The van der Waals surface area contributed by atoms with Crippen molar-refractivity contribution >= 4 is 17.7 Å². The highest BCUT2D eigenvalue weighted by Gasteiger charge is 2.32. The molecule has 0 saturated carbocycles. The lowest BCUT2D eigenvalue weighted by Crippen LogP contribution is -2.53. The lowest BCUT2D eigenvalue weighted by atomic mass is 10.1. The normalized spacial score (nSPS) is 28.2. The smallest absolute Gasteiger partial charge is 0.233 e. The van der Waals surface area contributed by atoms with Crippen molar-refractivity contribution in [3.8, 4) is 0 Å². The average molecular weight is 187 g/mol. The van der Waals surface area contributed by atoms with Gasteiger partial charge in [-0.05, 0) is 20.3 Å². The molecule has 1 aliphatic rings. The van der Waals surface area contributed by atoms with Gasteiger partial charge in [0.15, 0.2) is 0 Å². The third kappa shape index (κ3) is 2.41. The van der Waals surface area contributed by atoms with Crippen molar-refractivity contribution in [2.24, 2.45) is 0 Å². The molecular weight excluding hydrogens is 170 g/mol. The zero-order valence-corrected chi connectivity index (χ0v) is 8.83. The molecule has 1 N–H and O–H groups in total. The molecule has 0 spiro atoms. The first-order chi connectivity index (χ1) is 5.55. The lowest BCUT2D eigenvalue weighted by Gasteiger charge is -2.34. The van der Waals surface area contributed by atoms with Gasteiger partial charge < -0.3 is 5.32 Å². The van der Waals surface area contributed by atoms with E-state index < -0.39 is 0 Å². The Balaban J connectivity index is 2.48. The molecule has 0 aromatic heterocycles. The van der Waals surface area contributed by atoms with Crippen molar-refractivity contribution in [1.29, 1.82) is 0 Å². The third-order valence-corrected chi connectivity index (χ3v) is 3.69. The first-order valence-corrected chi connectivity index (χ1v) is 5.53. The highest BCUT2D eigenvalue weighted by atomic mass is 32.2. The summed E-state index contributed by atoms with van der Waals surface area (Å²) in [7, 11) is 0. The number of amides is 1. The van der Waals surface area contributed by atoms with E-state index in [9.17, 15) is 4.79 Å². The van der Waals surface area contributed by atoms with Gasteiger partial charge in [0.25, 0.3) is 0 Å². The van der Waals surface area contributed by atoms with Gasteiger partial charge in [-0.25, -0.2) is 0 Å². The molecule has 1 fully saturated rings. The van der Waals surface area contributed by atoms with Crippen LogP contribution in [0.3, 0.4) is 0 Å². The zero-order valence-electron chi connectivity index (χ0n) is 8.02. The van der Waals surface area contributed by atoms with Gasteiger partial charge in [0.1, 0.15) is 0 Å². The van der Waals surface area contributed by atoms with Gasteiger partial charge in [-0.3, -0.25) is 4.79 Å². The Morgan fingerprint density at radius 1 is 1.67 bits per heavy atom. The van der Waals surface area contributed by atoms with E-state index in [0.29, 0.717) is 0 Å². The molecule has 0 radical (unpaired) electrons. The first kappa shape index (κ1) is 9.90. The molecule has 70 valence electrons. The van der Waals surface area contributed by atoms with E-state index in [1.165, 1.54) is 0 Å². The predicted octanol–water partition coefficient (Wildman–Crippen LogP) is 1.80. The molecule has 1 amide bonds. The zero-order chi connectivity index (χ0) is 9.19. The number of hydrogen-bond donors (Lipinski definition) is 1. The van der Waals surface area contributed by atoms with Crippen LogP contribution in [0.15, 0.2) is 0 Å². The monoisotopic (exact) mass is 187 g/mol. The van der Waals surface area contributed by atoms with Crippen molar-refractivity contribution in [3.05, 3.63) is 0 Å². The molecule has 1 heterocycles. The van der Waals surface area contributed by atoms with Crippen LogP contribution in [0, 0.1) is 0 Å². The molecule has 0 aliphatic carbocycles. The fourth-order valence-corrected chi connectivity index (χ4v) is 2.61. The van der Waals surface area contributed by atoms with Crippen molar-refractivity contribution < 1.29 is 4.79 Å². The summed E-state index contributed by atoms with van der Waals surface area (Å²) in [6.45, 7) is 6.26. The maximum atomic E-state index is 11.5. The summed E-state index contributed by atoms with van der Waals surface area (Å²) in [6, 6.07) is 0. The summed E-state index contributed by atoms with van der Waals surface area (Å²) in [4.78, 5) is 11.5. The van der Waals surface area contributed by atoms with Gasteiger partial charge in [0.05, 0.1) is 5.25 Å². The summed E-state index contributed by atoms with van der Waals surface area (Å²) >= 11 is 1.79. The Bertz CT molecular complexity index is 179. The van der Waals surface area contributed by atoms with E-state index in [4.69, 9.17) is 0 Å². The van der Waals surface area contributed by atoms with Gasteiger partial charge in [-0.1, -0.05) is 13.3 Å². The molecular formula is C9H17NOS.